The first-order valence-electron chi connectivity index (χ1n) is 8.74. The number of carboxylic acids is 1. The van der Waals surface area contributed by atoms with E-state index in [-0.39, 0.29) is 47.7 Å². The summed E-state index contributed by atoms with van der Waals surface area (Å²) in [5.74, 6) is -3.25. The van der Waals surface area contributed by atoms with Crippen molar-refractivity contribution < 1.29 is 34.3 Å². The standard InChI is InChI=1S/C18H19N3O9/c1-10-14(17(22)23)16(12-5-3-6-13(9-12)20(25)26)15(11(2)19-10)18(24)29-7-4-8-30-21(27)28/h3,5-6,9,16,19H,4,7-8H2,1-2H3,(H,22,23)/t16-/m0/s1. The first kappa shape index (κ1) is 22.3. The lowest BCUT2D eigenvalue weighted by Crippen LogP contribution is -2.32. The van der Waals surface area contributed by atoms with Crippen LogP contribution in [0.1, 0.15) is 31.7 Å². The number of hydrogen-bond donors (Lipinski definition) is 2. The van der Waals surface area contributed by atoms with Gasteiger partial charge in [-0.25, -0.2) is 9.59 Å². The molecule has 1 aromatic rings. The number of dihydropyridines is 1. The number of carbonyl (C=O) groups excluding carboxylic acids is 1. The predicted octanol–water partition coefficient (Wildman–Crippen LogP) is 2.06. The van der Waals surface area contributed by atoms with E-state index in [0.29, 0.717) is 5.70 Å². The van der Waals surface area contributed by atoms with Gasteiger partial charge in [0.1, 0.15) is 0 Å². The molecule has 0 spiro atoms. The Balaban J connectivity index is 2.38. The quantitative estimate of drug-likeness (QED) is 0.260. The number of nitrogens with zero attached hydrogens (tertiary/aromatic N) is 2. The van der Waals surface area contributed by atoms with Gasteiger partial charge in [0.05, 0.1) is 35.2 Å². The largest absolute Gasteiger partial charge is 0.478 e. The maximum Gasteiger partial charge on any atom is 0.336 e. The Morgan fingerprint density at radius 2 is 1.80 bits per heavy atom. The van der Waals surface area contributed by atoms with Gasteiger partial charge in [0.2, 0.25) is 0 Å². The van der Waals surface area contributed by atoms with Crippen molar-refractivity contribution in [2.45, 2.75) is 26.2 Å². The summed E-state index contributed by atoms with van der Waals surface area (Å²) in [6.07, 6.45) is 0.0502. The Morgan fingerprint density at radius 1 is 1.13 bits per heavy atom. The zero-order chi connectivity index (χ0) is 22.4. The number of carbonyl (C=O) groups is 2. The number of rotatable bonds is 9. The highest BCUT2D eigenvalue weighted by Crippen LogP contribution is 2.39. The Morgan fingerprint density at radius 3 is 2.40 bits per heavy atom. The van der Waals surface area contributed by atoms with Crippen molar-refractivity contribution >= 4 is 17.6 Å². The Kier molecular flexibility index (Phi) is 7.07. The Hall–Kier alpha value is -3.96. The van der Waals surface area contributed by atoms with Gasteiger partial charge in [-0.1, -0.05) is 12.1 Å². The minimum absolute atomic E-state index is 0.0197. The van der Waals surface area contributed by atoms with Gasteiger partial charge in [0.25, 0.3) is 10.8 Å². The van der Waals surface area contributed by atoms with E-state index in [1.54, 1.807) is 6.92 Å². The van der Waals surface area contributed by atoms with Gasteiger partial charge in [0.15, 0.2) is 0 Å². The second kappa shape index (κ2) is 9.49. The molecular formula is C18H19N3O9. The molecule has 1 aliphatic rings. The van der Waals surface area contributed by atoms with Crippen LogP contribution in [0.15, 0.2) is 46.8 Å². The predicted molar refractivity (Wildman–Crippen MR) is 101 cm³/mol. The highest BCUT2D eigenvalue weighted by molar-refractivity contribution is 5.99. The smallest absolute Gasteiger partial charge is 0.336 e. The molecule has 0 radical (unpaired) electrons. The highest BCUT2D eigenvalue weighted by atomic mass is 16.9. The van der Waals surface area contributed by atoms with Crippen LogP contribution in [0.4, 0.5) is 5.69 Å². The third kappa shape index (κ3) is 5.10. The van der Waals surface area contributed by atoms with Crippen LogP contribution >= 0.6 is 0 Å². The van der Waals surface area contributed by atoms with Gasteiger partial charge in [0, 0.05) is 29.9 Å². The van der Waals surface area contributed by atoms with E-state index in [9.17, 15) is 34.9 Å². The summed E-state index contributed by atoms with van der Waals surface area (Å²) in [4.78, 5) is 49.5. The second-order valence-electron chi connectivity index (χ2n) is 6.34. The van der Waals surface area contributed by atoms with Gasteiger partial charge < -0.3 is 20.0 Å². The molecule has 12 nitrogen and oxygen atoms in total. The van der Waals surface area contributed by atoms with Crippen molar-refractivity contribution in [2.75, 3.05) is 13.2 Å². The fourth-order valence-electron chi connectivity index (χ4n) is 3.14. The third-order valence-electron chi connectivity index (χ3n) is 4.34. The molecule has 1 aliphatic heterocycles. The molecule has 0 unspecified atom stereocenters. The van der Waals surface area contributed by atoms with E-state index in [1.807, 2.05) is 0 Å². The summed E-state index contributed by atoms with van der Waals surface area (Å²) >= 11 is 0. The molecule has 1 atom stereocenters. The van der Waals surface area contributed by atoms with E-state index in [4.69, 9.17) is 4.74 Å². The summed E-state index contributed by atoms with van der Waals surface area (Å²) < 4.78 is 5.14. The molecule has 12 heteroatoms. The molecule has 160 valence electrons. The van der Waals surface area contributed by atoms with E-state index in [0.717, 1.165) is 0 Å². The highest BCUT2D eigenvalue weighted by Gasteiger charge is 2.37. The number of aliphatic carboxylic acids is 1. The first-order valence-corrected chi connectivity index (χ1v) is 8.74. The van der Waals surface area contributed by atoms with E-state index < -0.39 is 27.9 Å². The summed E-state index contributed by atoms with van der Waals surface area (Å²) in [6.45, 7) is 2.60. The number of esters is 1. The molecule has 0 aromatic heterocycles. The minimum atomic E-state index is -1.30. The fourth-order valence-corrected chi connectivity index (χ4v) is 3.14. The second-order valence-corrected chi connectivity index (χ2v) is 6.34. The lowest BCUT2D eigenvalue weighted by molar-refractivity contribution is -0.757. The molecule has 0 bridgehead atoms. The van der Waals surface area contributed by atoms with Gasteiger partial charge in [-0.05, 0) is 19.4 Å². The van der Waals surface area contributed by atoms with Crippen LogP contribution in [0.25, 0.3) is 0 Å². The van der Waals surface area contributed by atoms with Crippen LogP contribution < -0.4 is 5.32 Å². The molecule has 1 aromatic carbocycles. The van der Waals surface area contributed by atoms with Crippen molar-refractivity contribution in [3.63, 3.8) is 0 Å². The number of nitrogens with one attached hydrogen (secondary N) is 1. The molecule has 0 saturated heterocycles. The van der Waals surface area contributed by atoms with Crippen molar-refractivity contribution in [2.24, 2.45) is 0 Å². The van der Waals surface area contributed by atoms with Crippen molar-refractivity contribution in [1.29, 1.82) is 0 Å². The molecule has 0 saturated carbocycles. The first-order chi connectivity index (χ1) is 14.1. The lowest BCUT2D eigenvalue weighted by Gasteiger charge is -2.29. The molecule has 2 N–H and O–H groups in total. The number of nitro benzene ring substituents is 1. The van der Waals surface area contributed by atoms with E-state index >= 15 is 0 Å². The van der Waals surface area contributed by atoms with Crippen LogP contribution in [0.3, 0.4) is 0 Å². The lowest BCUT2D eigenvalue weighted by atomic mass is 9.80. The third-order valence-corrected chi connectivity index (χ3v) is 4.34. The molecule has 0 aliphatic carbocycles. The molecular weight excluding hydrogens is 402 g/mol. The zero-order valence-electron chi connectivity index (χ0n) is 16.1. The van der Waals surface area contributed by atoms with Gasteiger partial charge in [-0.15, -0.1) is 10.1 Å². The number of hydrogen-bond acceptors (Lipinski definition) is 9. The zero-order valence-corrected chi connectivity index (χ0v) is 16.1. The minimum Gasteiger partial charge on any atom is -0.478 e. The number of ether oxygens (including phenoxy) is 1. The number of non-ortho nitro benzene ring substituents is 1. The number of nitro groups is 1. The summed E-state index contributed by atoms with van der Waals surface area (Å²) in [5, 5.41) is 32.9. The monoisotopic (exact) mass is 421 g/mol. The van der Waals surface area contributed by atoms with Crippen molar-refractivity contribution in [3.8, 4) is 0 Å². The van der Waals surface area contributed by atoms with E-state index in [2.05, 4.69) is 10.2 Å². The average Bonchev–Trinajstić information content (AvgIpc) is 2.66. The number of carboxylic acid groups (broad SMARTS) is 1. The SMILES string of the molecule is CC1=C(C(=O)O)[C@H](c2cccc([N+](=O)[O-])c2)C(C(=O)OCCCO[N+](=O)[O-])=C(C)N1. The van der Waals surface area contributed by atoms with Crippen LogP contribution in [-0.2, 0) is 19.2 Å². The van der Waals surface area contributed by atoms with Crippen LogP contribution in [0.2, 0.25) is 0 Å². The number of benzene rings is 1. The average molecular weight is 421 g/mol. The summed E-state index contributed by atoms with van der Waals surface area (Å²) in [7, 11) is 0. The van der Waals surface area contributed by atoms with Gasteiger partial charge in [-0.3, -0.25) is 10.1 Å². The summed E-state index contributed by atoms with van der Waals surface area (Å²) in [6, 6.07) is 5.35. The van der Waals surface area contributed by atoms with Crippen LogP contribution in [-0.4, -0.2) is 40.3 Å². The van der Waals surface area contributed by atoms with E-state index in [1.165, 1.54) is 31.2 Å². The molecule has 0 amide bonds. The van der Waals surface area contributed by atoms with Crippen molar-refractivity contribution in [3.05, 3.63) is 72.6 Å². The molecule has 30 heavy (non-hydrogen) atoms. The van der Waals surface area contributed by atoms with Crippen LogP contribution in [0, 0.1) is 20.2 Å². The van der Waals surface area contributed by atoms with Gasteiger partial charge >= 0.3 is 11.9 Å². The normalized spacial score (nSPS) is 16.0. The van der Waals surface area contributed by atoms with Crippen LogP contribution in [0.5, 0.6) is 0 Å². The fraction of sp³-hybridized carbons (Fsp3) is 0.333. The number of allylic oxidation sites excluding steroid dienone is 2. The molecule has 2 rings (SSSR count). The Bertz CT molecular complexity index is 952. The maximum atomic E-state index is 12.7. The Labute approximate surface area is 170 Å². The maximum absolute atomic E-state index is 12.7. The molecule has 1 heterocycles. The molecule has 0 fully saturated rings. The van der Waals surface area contributed by atoms with Gasteiger partial charge in [-0.2, -0.15) is 0 Å². The van der Waals surface area contributed by atoms with Crippen molar-refractivity contribution in [1.82, 2.24) is 5.32 Å². The topological polar surface area (TPSA) is 171 Å². The summed E-state index contributed by atoms with van der Waals surface area (Å²) in [5.41, 5.74) is 0.438.